The van der Waals surface area contributed by atoms with Gasteiger partial charge in [0.15, 0.2) is 0 Å². The molecule has 0 radical (unpaired) electrons. The average Bonchev–Trinajstić information content (AvgIpc) is 3.07. The monoisotopic (exact) mass is 508 g/mol. The van der Waals surface area contributed by atoms with Crippen LogP contribution in [0.3, 0.4) is 0 Å². The molecule has 0 spiro atoms. The van der Waals surface area contributed by atoms with Gasteiger partial charge in [0.25, 0.3) is 17.7 Å². The normalized spacial score (nSPS) is 12.9. The van der Waals surface area contributed by atoms with Crippen molar-refractivity contribution >= 4 is 35.4 Å². The fraction of sp³-hybridized carbons (Fsp3) is 0.370. The Morgan fingerprint density at radius 2 is 1.57 bits per heavy atom. The first-order valence-electron chi connectivity index (χ1n) is 12.0. The predicted molar refractivity (Wildman–Crippen MR) is 137 cm³/mol. The summed E-state index contributed by atoms with van der Waals surface area (Å²) in [6, 6.07) is 11.1. The third kappa shape index (κ3) is 7.16. The van der Waals surface area contributed by atoms with Gasteiger partial charge in [-0.05, 0) is 70.5 Å². The van der Waals surface area contributed by atoms with Crippen LogP contribution in [0, 0.1) is 0 Å². The minimum atomic E-state index is -0.603. The summed E-state index contributed by atoms with van der Waals surface area (Å²) in [5, 5.41) is 8.07. The van der Waals surface area contributed by atoms with Gasteiger partial charge in [0.05, 0.1) is 11.1 Å². The van der Waals surface area contributed by atoms with Crippen LogP contribution >= 0.6 is 0 Å². The fourth-order valence-electron chi connectivity index (χ4n) is 3.66. The molecule has 1 aliphatic rings. The summed E-state index contributed by atoms with van der Waals surface area (Å²) in [6.07, 6.45) is -0.465. The number of anilines is 1. The quantitative estimate of drug-likeness (QED) is 0.468. The fourth-order valence-corrected chi connectivity index (χ4v) is 3.66. The summed E-state index contributed by atoms with van der Waals surface area (Å²) in [5.74, 6) is -1.40. The number of hydrogen-bond acceptors (Lipinski definition) is 6. The summed E-state index contributed by atoms with van der Waals surface area (Å²) in [4.78, 5) is 62.6. The number of hydrogen-bond donors (Lipinski definition) is 3. The molecule has 1 heterocycles. The maximum absolute atomic E-state index is 12.7. The molecule has 0 saturated carbocycles. The van der Waals surface area contributed by atoms with E-state index in [-0.39, 0.29) is 48.5 Å². The first-order valence-corrected chi connectivity index (χ1v) is 12.0. The number of carbonyl (C=O) groups is 5. The molecule has 37 heavy (non-hydrogen) atoms. The van der Waals surface area contributed by atoms with Crippen LogP contribution in [-0.2, 0) is 16.1 Å². The first-order chi connectivity index (χ1) is 17.4. The van der Waals surface area contributed by atoms with Gasteiger partial charge in [-0.3, -0.25) is 24.1 Å². The number of carbonyl (C=O) groups excluding carboxylic acids is 5. The molecule has 3 rings (SSSR count). The number of nitrogens with one attached hydrogen (secondary N) is 3. The van der Waals surface area contributed by atoms with Crippen molar-refractivity contribution in [3.63, 3.8) is 0 Å². The third-order valence-electron chi connectivity index (χ3n) is 5.42. The van der Waals surface area contributed by atoms with Crippen LogP contribution in [0.4, 0.5) is 10.5 Å². The molecule has 0 atom stereocenters. The largest absolute Gasteiger partial charge is 0.444 e. The van der Waals surface area contributed by atoms with Gasteiger partial charge in [-0.25, -0.2) is 4.79 Å². The van der Waals surface area contributed by atoms with Gasteiger partial charge in [0.1, 0.15) is 5.60 Å². The Kier molecular flexibility index (Phi) is 8.31. The van der Waals surface area contributed by atoms with Crippen LogP contribution in [0.15, 0.2) is 42.5 Å². The Bertz CT molecular complexity index is 1210. The van der Waals surface area contributed by atoms with Gasteiger partial charge in [-0.15, -0.1) is 0 Å². The van der Waals surface area contributed by atoms with Crippen LogP contribution < -0.4 is 16.0 Å². The highest BCUT2D eigenvalue weighted by atomic mass is 16.6. The zero-order valence-corrected chi connectivity index (χ0v) is 21.6. The molecule has 3 N–H and O–H groups in total. The van der Waals surface area contributed by atoms with E-state index < -0.39 is 23.5 Å². The van der Waals surface area contributed by atoms with E-state index in [1.54, 1.807) is 58.9 Å². The second-order valence-corrected chi connectivity index (χ2v) is 9.94. The summed E-state index contributed by atoms with van der Waals surface area (Å²) >= 11 is 0. The van der Waals surface area contributed by atoms with E-state index in [9.17, 15) is 24.0 Å². The zero-order valence-electron chi connectivity index (χ0n) is 21.6. The second-order valence-electron chi connectivity index (χ2n) is 9.94. The smallest absolute Gasteiger partial charge is 0.407 e. The standard InChI is InChI=1S/C27H32N4O6/c1-16(2)31-24(34)20-11-8-18(14-21(20)25(31)35)23(33)30-19-9-6-17(7-10-19)15-29-22(32)12-13-28-26(36)37-27(3,4)5/h6-11,14,16H,12-13,15H2,1-5H3,(H,28,36)(H,29,32)(H,30,33). The van der Waals surface area contributed by atoms with Crippen LogP contribution in [0.2, 0.25) is 0 Å². The van der Waals surface area contributed by atoms with Gasteiger partial charge in [0.2, 0.25) is 5.91 Å². The maximum Gasteiger partial charge on any atom is 0.407 e. The Labute approximate surface area is 215 Å². The molecule has 0 bridgehead atoms. The number of rotatable bonds is 8. The Morgan fingerprint density at radius 3 is 2.19 bits per heavy atom. The molecule has 10 heteroatoms. The molecular formula is C27H32N4O6. The van der Waals surface area contributed by atoms with E-state index in [0.29, 0.717) is 11.3 Å². The number of alkyl carbamates (subject to hydrolysis) is 1. The van der Waals surface area contributed by atoms with Crippen LogP contribution in [-0.4, -0.2) is 52.8 Å². The van der Waals surface area contributed by atoms with Gasteiger partial charge < -0.3 is 20.7 Å². The minimum absolute atomic E-state index is 0.108. The lowest BCUT2D eigenvalue weighted by Gasteiger charge is -2.19. The van der Waals surface area contributed by atoms with Crippen molar-refractivity contribution < 1.29 is 28.7 Å². The number of amides is 5. The highest BCUT2D eigenvalue weighted by molar-refractivity contribution is 6.22. The summed E-state index contributed by atoms with van der Waals surface area (Å²) < 4.78 is 5.11. The van der Waals surface area contributed by atoms with Crippen molar-refractivity contribution in [2.75, 3.05) is 11.9 Å². The molecule has 196 valence electrons. The minimum Gasteiger partial charge on any atom is -0.444 e. The third-order valence-corrected chi connectivity index (χ3v) is 5.42. The molecule has 0 aromatic heterocycles. The lowest BCUT2D eigenvalue weighted by Crippen LogP contribution is -2.35. The van der Waals surface area contributed by atoms with E-state index in [1.807, 2.05) is 0 Å². The molecule has 0 saturated heterocycles. The van der Waals surface area contributed by atoms with Crippen LogP contribution in [0.1, 0.15) is 77.7 Å². The summed E-state index contributed by atoms with van der Waals surface area (Å²) in [5.41, 5.74) is 1.53. The molecule has 2 aromatic carbocycles. The molecular weight excluding hydrogens is 476 g/mol. The number of ether oxygens (including phenoxy) is 1. The van der Waals surface area contributed by atoms with Gasteiger partial charge in [-0.2, -0.15) is 0 Å². The molecule has 0 aliphatic carbocycles. The number of fused-ring (bicyclic) bond motifs is 1. The van der Waals surface area contributed by atoms with E-state index in [1.165, 1.54) is 23.1 Å². The summed E-state index contributed by atoms with van der Waals surface area (Å²) in [6.45, 7) is 9.23. The number of nitrogens with zero attached hydrogens (tertiary/aromatic N) is 1. The van der Waals surface area contributed by atoms with Crippen molar-refractivity contribution in [3.8, 4) is 0 Å². The predicted octanol–water partition coefficient (Wildman–Crippen LogP) is 3.47. The molecule has 0 fully saturated rings. The summed E-state index contributed by atoms with van der Waals surface area (Å²) in [7, 11) is 0. The lowest BCUT2D eigenvalue weighted by atomic mass is 10.1. The Morgan fingerprint density at radius 1 is 0.919 bits per heavy atom. The SMILES string of the molecule is CC(C)N1C(=O)c2ccc(C(=O)Nc3ccc(CNC(=O)CCNC(=O)OC(C)(C)C)cc3)cc2C1=O. The van der Waals surface area contributed by atoms with Crippen LogP contribution in [0.25, 0.3) is 0 Å². The molecule has 2 aromatic rings. The van der Waals surface area contributed by atoms with E-state index in [0.717, 1.165) is 5.56 Å². The topological polar surface area (TPSA) is 134 Å². The van der Waals surface area contributed by atoms with Crippen molar-refractivity contribution in [1.82, 2.24) is 15.5 Å². The van der Waals surface area contributed by atoms with Gasteiger partial charge in [0, 0.05) is 36.8 Å². The highest BCUT2D eigenvalue weighted by Crippen LogP contribution is 2.26. The van der Waals surface area contributed by atoms with E-state index in [4.69, 9.17) is 4.74 Å². The molecule has 5 amide bonds. The van der Waals surface area contributed by atoms with Crippen molar-refractivity contribution in [2.45, 2.75) is 59.2 Å². The average molecular weight is 509 g/mol. The Balaban J connectivity index is 1.49. The zero-order chi connectivity index (χ0) is 27.3. The van der Waals surface area contributed by atoms with Crippen molar-refractivity contribution in [1.29, 1.82) is 0 Å². The van der Waals surface area contributed by atoms with Crippen molar-refractivity contribution in [3.05, 3.63) is 64.7 Å². The van der Waals surface area contributed by atoms with Gasteiger partial charge >= 0.3 is 6.09 Å². The second kappa shape index (κ2) is 11.2. The molecule has 1 aliphatic heterocycles. The van der Waals surface area contributed by atoms with Crippen LogP contribution in [0.5, 0.6) is 0 Å². The van der Waals surface area contributed by atoms with Crippen molar-refractivity contribution in [2.24, 2.45) is 0 Å². The molecule has 10 nitrogen and oxygen atoms in total. The maximum atomic E-state index is 12.7. The Hall–Kier alpha value is -4.21. The van der Waals surface area contributed by atoms with Gasteiger partial charge in [-0.1, -0.05) is 12.1 Å². The number of benzene rings is 2. The number of imide groups is 1. The molecule has 0 unspecified atom stereocenters. The van der Waals surface area contributed by atoms with E-state index >= 15 is 0 Å². The first kappa shape index (κ1) is 27.4. The van der Waals surface area contributed by atoms with E-state index in [2.05, 4.69) is 16.0 Å². The highest BCUT2D eigenvalue weighted by Gasteiger charge is 2.37. The lowest BCUT2D eigenvalue weighted by molar-refractivity contribution is -0.121.